The summed E-state index contributed by atoms with van der Waals surface area (Å²) in [7, 11) is 0. The van der Waals surface area contributed by atoms with Gasteiger partial charge in [-0.2, -0.15) is 0 Å². The van der Waals surface area contributed by atoms with Crippen molar-refractivity contribution >= 4 is 0 Å². The summed E-state index contributed by atoms with van der Waals surface area (Å²) in [6.45, 7) is 6.58. The lowest BCUT2D eigenvalue weighted by Gasteiger charge is -2.31. The standard InChI is InChI=1S/C20H32O/c1-4-5-6-17-9-11-19(12-10-17)20(21)14-18-8-7-15(2)16(3)13-18/h7-8,13,17,19-21H,4-6,9-12,14H2,1-3H3. The van der Waals surface area contributed by atoms with Crippen LogP contribution in [0.4, 0.5) is 0 Å². The minimum atomic E-state index is -0.153. The molecular formula is C20H32O. The molecule has 0 bridgehead atoms. The fraction of sp³-hybridized carbons (Fsp3) is 0.700. The molecule has 0 heterocycles. The molecule has 1 fully saturated rings. The quantitative estimate of drug-likeness (QED) is 0.762. The van der Waals surface area contributed by atoms with Crippen molar-refractivity contribution in [3.63, 3.8) is 0 Å². The van der Waals surface area contributed by atoms with E-state index in [0.29, 0.717) is 5.92 Å². The zero-order valence-corrected chi connectivity index (χ0v) is 14.1. The molecule has 0 aromatic heterocycles. The van der Waals surface area contributed by atoms with Crippen molar-refractivity contribution in [3.05, 3.63) is 34.9 Å². The molecule has 118 valence electrons. The second-order valence-electron chi connectivity index (χ2n) is 7.11. The van der Waals surface area contributed by atoms with E-state index in [1.54, 1.807) is 0 Å². The minimum Gasteiger partial charge on any atom is -0.392 e. The summed E-state index contributed by atoms with van der Waals surface area (Å²) in [6.07, 6.45) is 9.86. The zero-order valence-electron chi connectivity index (χ0n) is 14.1. The Kier molecular flexibility index (Phi) is 6.29. The molecule has 1 aromatic carbocycles. The van der Waals surface area contributed by atoms with E-state index in [1.165, 1.54) is 61.6 Å². The first-order valence-corrected chi connectivity index (χ1v) is 8.84. The number of benzene rings is 1. The summed E-state index contributed by atoms with van der Waals surface area (Å²) in [5, 5.41) is 10.5. The van der Waals surface area contributed by atoms with Gasteiger partial charge in [0.05, 0.1) is 6.10 Å². The number of unbranched alkanes of at least 4 members (excludes halogenated alkanes) is 1. The van der Waals surface area contributed by atoms with Crippen LogP contribution < -0.4 is 0 Å². The molecule has 1 saturated carbocycles. The smallest absolute Gasteiger partial charge is 0.0608 e. The van der Waals surface area contributed by atoms with Gasteiger partial charge in [-0.25, -0.2) is 0 Å². The van der Waals surface area contributed by atoms with Gasteiger partial charge in [0, 0.05) is 0 Å². The van der Waals surface area contributed by atoms with Crippen LogP contribution in [-0.2, 0) is 6.42 Å². The molecule has 0 aliphatic heterocycles. The first-order valence-electron chi connectivity index (χ1n) is 8.84. The van der Waals surface area contributed by atoms with Gasteiger partial charge in [-0.05, 0) is 61.6 Å². The predicted octanol–water partition coefficient (Wildman–Crippen LogP) is 5.20. The monoisotopic (exact) mass is 288 g/mol. The number of hydrogen-bond donors (Lipinski definition) is 1. The van der Waals surface area contributed by atoms with Gasteiger partial charge in [-0.1, -0.05) is 57.2 Å². The second kappa shape index (κ2) is 7.98. The fourth-order valence-electron chi connectivity index (χ4n) is 3.69. The molecule has 1 atom stereocenters. The molecule has 1 aromatic rings. The van der Waals surface area contributed by atoms with E-state index in [-0.39, 0.29) is 6.10 Å². The molecule has 0 spiro atoms. The fourth-order valence-corrected chi connectivity index (χ4v) is 3.69. The van der Waals surface area contributed by atoms with Gasteiger partial charge in [0.25, 0.3) is 0 Å². The molecule has 1 unspecified atom stereocenters. The Morgan fingerprint density at radius 3 is 2.43 bits per heavy atom. The average Bonchev–Trinajstić information content (AvgIpc) is 2.49. The van der Waals surface area contributed by atoms with Crippen LogP contribution in [0.15, 0.2) is 18.2 Å². The zero-order chi connectivity index (χ0) is 15.2. The van der Waals surface area contributed by atoms with Crippen LogP contribution >= 0.6 is 0 Å². The van der Waals surface area contributed by atoms with Gasteiger partial charge < -0.3 is 5.11 Å². The Bertz CT molecular complexity index is 429. The predicted molar refractivity (Wildman–Crippen MR) is 90.6 cm³/mol. The number of aliphatic hydroxyl groups is 1. The van der Waals surface area contributed by atoms with Crippen molar-refractivity contribution in [3.8, 4) is 0 Å². The molecule has 1 N–H and O–H groups in total. The highest BCUT2D eigenvalue weighted by Crippen LogP contribution is 2.34. The third kappa shape index (κ3) is 4.85. The van der Waals surface area contributed by atoms with Gasteiger partial charge >= 0.3 is 0 Å². The molecule has 1 aliphatic rings. The molecule has 1 nitrogen and oxygen atoms in total. The second-order valence-corrected chi connectivity index (χ2v) is 7.11. The van der Waals surface area contributed by atoms with E-state index >= 15 is 0 Å². The summed E-state index contributed by atoms with van der Waals surface area (Å²) in [5.41, 5.74) is 3.96. The first-order chi connectivity index (χ1) is 10.1. The van der Waals surface area contributed by atoms with Crippen molar-refractivity contribution in [1.82, 2.24) is 0 Å². The topological polar surface area (TPSA) is 20.2 Å². The molecule has 21 heavy (non-hydrogen) atoms. The number of rotatable bonds is 6. The van der Waals surface area contributed by atoms with Crippen LogP contribution in [0.1, 0.15) is 68.6 Å². The van der Waals surface area contributed by atoms with Crippen LogP contribution in [0.25, 0.3) is 0 Å². The maximum Gasteiger partial charge on any atom is 0.0608 e. The number of aryl methyl sites for hydroxylation is 2. The van der Waals surface area contributed by atoms with Crippen LogP contribution in [0.5, 0.6) is 0 Å². The lowest BCUT2D eigenvalue weighted by atomic mass is 9.76. The third-order valence-electron chi connectivity index (χ3n) is 5.42. The van der Waals surface area contributed by atoms with Gasteiger partial charge in [0.15, 0.2) is 0 Å². The van der Waals surface area contributed by atoms with Crippen molar-refractivity contribution in [2.24, 2.45) is 11.8 Å². The van der Waals surface area contributed by atoms with Crippen LogP contribution in [0.2, 0.25) is 0 Å². The van der Waals surface area contributed by atoms with E-state index in [2.05, 4.69) is 39.0 Å². The first kappa shape index (κ1) is 16.5. The summed E-state index contributed by atoms with van der Waals surface area (Å²) in [6, 6.07) is 6.60. The molecule has 0 amide bonds. The van der Waals surface area contributed by atoms with Gasteiger partial charge in [0.2, 0.25) is 0 Å². The highest BCUT2D eigenvalue weighted by Gasteiger charge is 2.26. The SMILES string of the molecule is CCCCC1CCC(C(O)Cc2ccc(C)c(C)c2)CC1. The third-order valence-corrected chi connectivity index (χ3v) is 5.42. The summed E-state index contributed by atoms with van der Waals surface area (Å²) >= 11 is 0. The molecule has 1 heteroatoms. The van der Waals surface area contributed by atoms with Crippen molar-refractivity contribution in [2.45, 2.75) is 78.2 Å². The Labute approximate surface area is 130 Å². The summed E-state index contributed by atoms with van der Waals surface area (Å²) < 4.78 is 0. The Morgan fingerprint density at radius 1 is 1.10 bits per heavy atom. The Morgan fingerprint density at radius 2 is 1.81 bits per heavy atom. The largest absolute Gasteiger partial charge is 0.392 e. The maximum atomic E-state index is 10.5. The van der Waals surface area contributed by atoms with Crippen LogP contribution in [-0.4, -0.2) is 11.2 Å². The van der Waals surface area contributed by atoms with E-state index in [4.69, 9.17) is 0 Å². The Balaban J connectivity index is 1.81. The van der Waals surface area contributed by atoms with Crippen LogP contribution in [0.3, 0.4) is 0 Å². The van der Waals surface area contributed by atoms with E-state index < -0.39 is 0 Å². The number of aliphatic hydroxyl groups excluding tert-OH is 1. The highest BCUT2D eigenvalue weighted by atomic mass is 16.3. The molecular weight excluding hydrogens is 256 g/mol. The highest BCUT2D eigenvalue weighted by molar-refractivity contribution is 5.30. The van der Waals surface area contributed by atoms with Crippen molar-refractivity contribution < 1.29 is 5.11 Å². The lowest BCUT2D eigenvalue weighted by Crippen LogP contribution is -2.27. The van der Waals surface area contributed by atoms with Gasteiger partial charge in [0.1, 0.15) is 0 Å². The molecule has 2 rings (SSSR count). The normalized spacial score (nSPS) is 24.0. The van der Waals surface area contributed by atoms with Crippen molar-refractivity contribution in [1.29, 1.82) is 0 Å². The van der Waals surface area contributed by atoms with Crippen LogP contribution in [0, 0.1) is 25.7 Å². The number of hydrogen-bond acceptors (Lipinski definition) is 1. The molecule has 0 saturated heterocycles. The lowest BCUT2D eigenvalue weighted by molar-refractivity contribution is 0.0726. The van der Waals surface area contributed by atoms with E-state index in [0.717, 1.165) is 12.3 Å². The maximum absolute atomic E-state index is 10.5. The summed E-state index contributed by atoms with van der Waals surface area (Å²) in [4.78, 5) is 0. The molecule has 1 aliphatic carbocycles. The van der Waals surface area contributed by atoms with Crippen molar-refractivity contribution in [2.75, 3.05) is 0 Å². The summed E-state index contributed by atoms with van der Waals surface area (Å²) in [5.74, 6) is 1.44. The van der Waals surface area contributed by atoms with E-state index in [1.807, 2.05) is 0 Å². The molecule has 0 radical (unpaired) electrons. The minimum absolute atomic E-state index is 0.153. The average molecular weight is 288 g/mol. The Hall–Kier alpha value is -0.820. The van der Waals surface area contributed by atoms with Gasteiger partial charge in [-0.15, -0.1) is 0 Å². The van der Waals surface area contributed by atoms with E-state index in [9.17, 15) is 5.11 Å². The van der Waals surface area contributed by atoms with Gasteiger partial charge in [-0.3, -0.25) is 0 Å².